The number of nitro groups is 1. The number of likely N-dealkylation sites (tertiary alicyclic amines) is 1. The van der Waals surface area contributed by atoms with Gasteiger partial charge in [0.15, 0.2) is 5.65 Å². The number of nitrogens with zero attached hydrogens (tertiary/aromatic N) is 4. The van der Waals surface area contributed by atoms with Crippen LogP contribution in [-0.4, -0.2) is 59.0 Å². The summed E-state index contributed by atoms with van der Waals surface area (Å²) in [4.78, 5) is 17.1. The Labute approximate surface area is 178 Å². The van der Waals surface area contributed by atoms with Crippen LogP contribution < -0.4 is 5.32 Å². The van der Waals surface area contributed by atoms with Crippen LogP contribution in [0.2, 0.25) is 0 Å². The Morgan fingerprint density at radius 2 is 2.03 bits per heavy atom. The van der Waals surface area contributed by atoms with Gasteiger partial charge in [-0.15, -0.1) is 0 Å². The predicted octanol–water partition coefficient (Wildman–Crippen LogP) is 3.03. The molecule has 9 nitrogen and oxygen atoms in total. The molecule has 0 bridgehead atoms. The molecule has 1 N–H and O–H groups in total. The molecule has 0 saturated carbocycles. The highest BCUT2D eigenvalue weighted by Gasteiger charge is 2.32. The van der Waals surface area contributed by atoms with E-state index in [9.17, 15) is 22.9 Å². The average Bonchev–Trinajstić information content (AvgIpc) is 3.21. The van der Waals surface area contributed by atoms with Crippen LogP contribution in [0.15, 0.2) is 53.7 Å². The minimum absolute atomic E-state index is 0.0401. The summed E-state index contributed by atoms with van der Waals surface area (Å²) in [7, 11) is -3.95. The van der Waals surface area contributed by atoms with E-state index in [4.69, 9.17) is 0 Å². The van der Waals surface area contributed by atoms with Gasteiger partial charge in [0, 0.05) is 19.3 Å². The summed E-state index contributed by atoms with van der Waals surface area (Å²) in [5.74, 6) is 0. The number of alkyl halides is 1. The van der Waals surface area contributed by atoms with Crippen molar-refractivity contribution in [3.63, 3.8) is 0 Å². The third-order valence-corrected chi connectivity index (χ3v) is 7.24. The molecular weight excluding hydrogens is 425 g/mol. The first-order valence-electron chi connectivity index (χ1n) is 9.91. The van der Waals surface area contributed by atoms with Crippen molar-refractivity contribution in [1.29, 1.82) is 0 Å². The fraction of sp³-hybridized carbons (Fsp3) is 0.350. The summed E-state index contributed by atoms with van der Waals surface area (Å²) in [6.45, 7) is 3.58. The van der Waals surface area contributed by atoms with Gasteiger partial charge in [-0.2, -0.15) is 0 Å². The molecule has 2 aromatic heterocycles. The largest absolute Gasteiger partial charge is 0.373 e. The molecule has 1 aliphatic rings. The summed E-state index contributed by atoms with van der Waals surface area (Å²) in [6, 6.07) is 8.66. The minimum atomic E-state index is -3.95. The number of halogens is 1. The third-order valence-electron chi connectivity index (χ3n) is 5.56. The summed E-state index contributed by atoms with van der Waals surface area (Å²) in [5, 5.41) is 14.8. The van der Waals surface area contributed by atoms with E-state index >= 15 is 0 Å². The lowest BCUT2D eigenvalue weighted by Gasteiger charge is -2.34. The maximum absolute atomic E-state index is 14.7. The Bertz CT molecular complexity index is 1220. The van der Waals surface area contributed by atoms with Crippen molar-refractivity contribution in [1.82, 2.24) is 13.9 Å². The number of nitrogens with one attached hydrogen (secondary N) is 1. The lowest BCUT2D eigenvalue weighted by atomic mass is 10.0. The van der Waals surface area contributed by atoms with E-state index < -0.39 is 27.2 Å². The average molecular weight is 447 g/mol. The van der Waals surface area contributed by atoms with Crippen LogP contribution in [-0.2, 0) is 10.0 Å². The normalized spacial score (nSPS) is 20.1. The highest BCUT2D eigenvalue weighted by atomic mass is 32.2. The fourth-order valence-corrected chi connectivity index (χ4v) is 5.17. The maximum Gasteiger partial charge on any atom is 0.311 e. The highest BCUT2D eigenvalue weighted by Crippen LogP contribution is 2.35. The first-order valence-corrected chi connectivity index (χ1v) is 11.3. The quantitative estimate of drug-likeness (QED) is 0.457. The monoisotopic (exact) mass is 447 g/mol. The van der Waals surface area contributed by atoms with E-state index in [0.717, 1.165) is 16.7 Å². The zero-order chi connectivity index (χ0) is 22.2. The van der Waals surface area contributed by atoms with Crippen molar-refractivity contribution in [3.05, 3.63) is 58.9 Å². The number of aromatic nitrogens is 2. The molecule has 0 unspecified atom stereocenters. The highest BCUT2D eigenvalue weighted by molar-refractivity contribution is 7.90. The second-order valence-corrected chi connectivity index (χ2v) is 9.21. The van der Waals surface area contributed by atoms with Gasteiger partial charge in [0.2, 0.25) is 0 Å². The smallest absolute Gasteiger partial charge is 0.311 e. The molecule has 1 aromatic carbocycles. The number of rotatable bonds is 6. The lowest BCUT2D eigenvalue weighted by Crippen LogP contribution is -2.47. The molecule has 11 heteroatoms. The van der Waals surface area contributed by atoms with Crippen molar-refractivity contribution in [3.8, 4) is 0 Å². The summed E-state index contributed by atoms with van der Waals surface area (Å²) >= 11 is 0. The topological polar surface area (TPSA) is 110 Å². The van der Waals surface area contributed by atoms with Crippen molar-refractivity contribution in [2.24, 2.45) is 0 Å². The van der Waals surface area contributed by atoms with Gasteiger partial charge < -0.3 is 10.2 Å². The summed E-state index contributed by atoms with van der Waals surface area (Å²) in [5.41, 5.74) is -0.208. The predicted molar refractivity (Wildman–Crippen MR) is 114 cm³/mol. The molecule has 31 heavy (non-hydrogen) atoms. The Hall–Kier alpha value is -3.05. The van der Waals surface area contributed by atoms with Crippen LogP contribution in [0.3, 0.4) is 0 Å². The number of benzene rings is 1. The molecule has 3 aromatic rings. The van der Waals surface area contributed by atoms with E-state index in [1.165, 1.54) is 24.4 Å². The number of anilines is 1. The van der Waals surface area contributed by atoms with Gasteiger partial charge in [-0.05, 0) is 31.2 Å². The molecular formula is C20H22FN5O4S. The van der Waals surface area contributed by atoms with Gasteiger partial charge in [0.25, 0.3) is 10.0 Å². The summed E-state index contributed by atoms with van der Waals surface area (Å²) in [6.07, 6.45) is 1.57. The molecule has 0 aliphatic carbocycles. The van der Waals surface area contributed by atoms with Crippen LogP contribution in [0.5, 0.6) is 0 Å². The molecule has 1 fully saturated rings. The van der Waals surface area contributed by atoms with Crippen LogP contribution >= 0.6 is 0 Å². The zero-order valence-electron chi connectivity index (χ0n) is 16.8. The number of piperidine rings is 1. The summed E-state index contributed by atoms with van der Waals surface area (Å²) < 4.78 is 41.8. The van der Waals surface area contributed by atoms with E-state index in [-0.39, 0.29) is 33.8 Å². The van der Waals surface area contributed by atoms with Gasteiger partial charge >= 0.3 is 5.69 Å². The standard InChI is InChI=1S/C20H22FN5O4S/c1-2-24-10-9-17(16(21)13-24)23-19-15-8-11-25(20(15)22-12-18(19)26(27)28)31(29,30)14-6-4-3-5-7-14/h3-8,11-12,16-17H,2,9-10,13H2,1H3,(H,22,23)/t16-,17+/m0/s1. The van der Waals surface area contributed by atoms with Gasteiger partial charge in [-0.3, -0.25) is 10.1 Å². The SMILES string of the molecule is CCN1CC[C@@H](Nc2c([N+](=O)[O-])cnc3c2ccn3S(=O)(=O)c2ccccc2)[C@@H](F)C1. The number of pyridine rings is 1. The van der Waals surface area contributed by atoms with Crippen LogP contribution in [0.25, 0.3) is 11.0 Å². The van der Waals surface area contributed by atoms with Gasteiger partial charge in [-0.1, -0.05) is 25.1 Å². The van der Waals surface area contributed by atoms with Crippen molar-refractivity contribution in [2.75, 3.05) is 25.0 Å². The molecule has 1 aliphatic heterocycles. The van der Waals surface area contributed by atoms with Crippen molar-refractivity contribution >= 4 is 32.4 Å². The minimum Gasteiger partial charge on any atom is -0.373 e. The van der Waals surface area contributed by atoms with E-state index in [1.807, 2.05) is 11.8 Å². The molecule has 4 rings (SSSR count). The van der Waals surface area contributed by atoms with Crippen molar-refractivity contribution in [2.45, 2.75) is 30.5 Å². The lowest BCUT2D eigenvalue weighted by molar-refractivity contribution is -0.384. The Morgan fingerprint density at radius 1 is 1.29 bits per heavy atom. The maximum atomic E-state index is 14.7. The van der Waals surface area contributed by atoms with E-state index in [2.05, 4.69) is 10.3 Å². The molecule has 0 amide bonds. The molecule has 0 radical (unpaired) electrons. The zero-order valence-corrected chi connectivity index (χ0v) is 17.6. The fourth-order valence-electron chi connectivity index (χ4n) is 3.85. The first-order chi connectivity index (χ1) is 14.8. The first kappa shape index (κ1) is 21.2. The van der Waals surface area contributed by atoms with Gasteiger partial charge in [0.1, 0.15) is 18.1 Å². The molecule has 3 heterocycles. The van der Waals surface area contributed by atoms with Crippen molar-refractivity contribution < 1.29 is 17.7 Å². The van der Waals surface area contributed by atoms with Crippen LogP contribution in [0.4, 0.5) is 15.8 Å². The molecule has 1 saturated heterocycles. The number of fused-ring (bicyclic) bond motifs is 1. The second kappa shape index (κ2) is 8.23. The van der Waals surface area contributed by atoms with Crippen LogP contribution in [0.1, 0.15) is 13.3 Å². The number of hydrogen-bond donors (Lipinski definition) is 1. The number of hydrogen-bond acceptors (Lipinski definition) is 7. The molecule has 2 atom stereocenters. The van der Waals surface area contributed by atoms with Crippen LogP contribution in [0, 0.1) is 10.1 Å². The molecule has 164 valence electrons. The second-order valence-electron chi connectivity index (χ2n) is 7.39. The van der Waals surface area contributed by atoms with E-state index in [0.29, 0.717) is 13.0 Å². The Kier molecular flexibility index (Phi) is 5.63. The third kappa shape index (κ3) is 3.86. The van der Waals surface area contributed by atoms with Gasteiger partial charge in [0.05, 0.1) is 21.2 Å². The molecule has 0 spiro atoms. The Morgan fingerprint density at radius 3 is 2.68 bits per heavy atom. The Balaban J connectivity index is 1.78. The van der Waals surface area contributed by atoms with E-state index in [1.54, 1.807) is 18.2 Å². The van der Waals surface area contributed by atoms with Gasteiger partial charge in [-0.25, -0.2) is 21.8 Å².